The minimum absolute atomic E-state index is 0.0440. The molecule has 1 N–H and O–H groups in total. The summed E-state index contributed by atoms with van der Waals surface area (Å²) in [5.74, 6) is -0.967. The molecule has 7 nitrogen and oxygen atoms in total. The predicted octanol–water partition coefficient (Wildman–Crippen LogP) is 3.29. The smallest absolute Gasteiger partial charge is 0.355 e. The first-order chi connectivity index (χ1) is 12.9. The van der Waals surface area contributed by atoms with Gasteiger partial charge >= 0.3 is 5.97 Å². The van der Waals surface area contributed by atoms with E-state index in [1.807, 2.05) is 38.3 Å². The molecule has 0 unspecified atom stereocenters. The van der Waals surface area contributed by atoms with E-state index in [4.69, 9.17) is 13.9 Å². The van der Waals surface area contributed by atoms with Crippen LogP contribution in [0.15, 0.2) is 22.8 Å². The monoisotopic (exact) mass is 376 g/mol. The first-order valence-electron chi connectivity index (χ1n) is 9.57. The maximum absolute atomic E-state index is 12.8. The number of carbonyl (C=O) groups is 2. The molecule has 0 radical (unpaired) electrons. The summed E-state index contributed by atoms with van der Waals surface area (Å²) in [6, 6.07) is 3.54. The zero-order chi connectivity index (χ0) is 19.6. The van der Waals surface area contributed by atoms with Gasteiger partial charge in [-0.05, 0) is 32.6 Å². The van der Waals surface area contributed by atoms with Crippen molar-refractivity contribution in [2.45, 2.75) is 58.8 Å². The SMILES string of the molecule is CC(C)[C@@H](OC(=O)c1cc2occc2n1C(C)C)C(=O)NC[C@@H]1CCCO1. The molecule has 2 atom stereocenters. The number of furan rings is 1. The number of aromatic nitrogens is 1. The topological polar surface area (TPSA) is 82.7 Å². The lowest BCUT2D eigenvalue weighted by molar-refractivity contribution is -0.132. The molecule has 1 saturated heterocycles. The molecule has 0 spiro atoms. The maximum atomic E-state index is 12.8. The van der Waals surface area contributed by atoms with Crippen LogP contribution < -0.4 is 5.32 Å². The molecule has 2 aromatic rings. The zero-order valence-electron chi connectivity index (χ0n) is 16.4. The van der Waals surface area contributed by atoms with Gasteiger partial charge in [0.2, 0.25) is 0 Å². The van der Waals surface area contributed by atoms with Crippen molar-refractivity contribution in [2.24, 2.45) is 5.92 Å². The molecule has 1 aliphatic rings. The third kappa shape index (κ3) is 4.18. The van der Waals surface area contributed by atoms with Crippen LogP contribution in [0.5, 0.6) is 0 Å². The molecule has 0 bridgehead atoms. The summed E-state index contributed by atoms with van der Waals surface area (Å²) in [7, 11) is 0. The Morgan fingerprint density at radius 1 is 1.33 bits per heavy atom. The van der Waals surface area contributed by atoms with Gasteiger partial charge in [-0.25, -0.2) is 4.79 Å². The third-order valence-electron chi connectivity index (χ3n) is 4.81. The number of hydrogen-bond acceptors (Lipinski definition) is 5. The summed E-state index contributed by atoms with van der Waals surface area (Å²) in [4.78, 5) is 25.4. The standard InChI is InChI=1S/C20H28N2O5/c1-12(2)18(19(23)21-11-14-6-5-8-25-14)27-20(24)16-10-17-15(7-9-26-17)22(16)13(3)4/h7,9-10,12-14,18H,5-6,8,11H2,1-4H3,(H,21,23)/t14-,18+/m0/s1. The van der Waals surface area contributed by atoms with Crippen molar-refractivity contribution in [3.8, 4) is 0 Å². The van der Waals surface area contributed by atoms with Crippen LogP contribution in [0.25, 0.3) is 11.1 Å². The highest BCUT2D eigenvalue weighted by atomic mass is 16.5. The summed E-state index contributed by atoms with van der Waals surface area (Å²) in [5.41, 5.74) is 1.84. The number of hydrogen-bond donors (Lipinski definition) is 1. The van der Waals surface area contributed by atoms with E-state index in [1.54, 1.807) is 12.3 Å². The zero-order valence-corrected chi connectivity index (χ0v) is 16.4. The fourth-order valence-corrected chi connectivity index (χ4v) is 3.45. The molecule has 1 amide bonds. The first-order valence-corrected chi connectivity index (χ1v) is 9.57. The van der Waals surface area contributed by atoms with Gasteiger partial charge < -0.3 is 23.8 Å². The normalized spacial score (nSPS) is 18.4. The maximum Gasteiger partial charge on any atom is 0.355 e. The molecule has 7 heteroatoms. The van der Waals surface area contributed by atoms with Crippen LogP contribution in [0.4, 0.5) is 0 Å². The molecule has 1 aliphatic heterocycles. The summed E-state index contributed by atoms with van der Waals surface area (Å²) < 4.78 is 18.4. The van der Waals surface area contributed by atoms with Crippen molar-refractivity contribution in [3.05, 3.63) is 24.1 Å². The lowest BCUT2D eigenvalue weighted by Gasteiger charge is -2.22. The second kappa shape index (κ2) is 8.17. The van der Waals surface area contributed by atoms with E-state index in [1.165, 1.54) is 0 Å². The van der Waals surface area contributed by atoms with Crippen LogP contribution in [0.2, 0.25) is 0 Å². The number of amides is 1. The van der Waals surface area contributed by atoms with E-state index in [0.29, 0.717) is 17.8 Å². The number of nitrogens with one attached hydrogen (secondary N) is 1. The highest BCUT2D eigenvalue weighted by Crippen LogP contribution is 2.26. The molecule has 0 aromatic carbocycles. The van der Waals surface area contributed by atoms with E-state index < -0.39 is 12.1 Å². The molecule has 148 valence electrons. The Hall–Kier alpha value is -2.28. The number of carbonyl (C=O) groups excluding carboxylic acids is 2. The average molecular weight is 376 g/mol. The van der Waals surface area contributed by atoms with Gasteiger partial charge in [-0.15, -0.1) is 0 Å². The van der Waals surface area contributed by atoms with Crippen molar-refractivity contribution >= 4 is 23.0 Å². The van der Waals surface area contributed by atoms with Crippen LogP contribution in [-0.4, -0.2) is 41.8 Å². The molecule has 0 aliphatic carbocycles. The van der Waals surface area contributed by atoms with Crippen LogP contribution >= 0.6 is 0 Å². The van der Waals surface area contributed by atoms with Gasteiger partial charge in [-0.1, -0.05) is 13.8 Å². The minimum Gasteiger partial charge on any atom is -0.463 e. The van der Waals surface area contributed by atoms with Crippen molar-refractivity contribution in [2.75, 3.05) is 13.2 Å². The van der Waals surface area contributed by atoms with Crippen LogP contribution in [0.1, 0.15) is 57.1 Å². The van der Waals surface area contributed by atoms with Crippen molar-refractivity contribution in [3.63, 3.8) is 0 Å². The number of fused-ring (bicyclic) bond motifs is 1. The van der Waals surface area contributed by atoms with Gasteiger partial charge in [0.25, 0.3) is 5.91 Å². The van der Waals surface area contributed by atoms with Crippen LogP contribution in [-0.2, 0) is 14.3 Å². The van der Waals surface area contributed by atoms with Gasteiger partial charge in [0.1, 0.15) is 5.69 Å². The number of esters is 1. The van der Waals surface area contributed by atoms with Gasteiger partial charge in [-0.3, -0.25) is 4.79 Å². The quantitative estimate of drug-likeness (QED) is 0.750. The Balaban J connectivity index is 1.72. The molecular formula is C20H28N2O5. The lowest BCUT2D eigenvalue weighted by atomic mass is 10.1. The van der Waals surface area contributed by atoms with Gasteiger partial charge in [0.05, 0.1) is 17.9 Å². The predicted molar refractivity (Wildman–Crippen MR) is 101 cm³/mol. The van der Waals surface area contributed by atoms with Crippen molar-refractivity contribution in [1.29, 1.82) is 0 Å². The largest absolute Gasteiger partial charge is 0.463 e. The Morgan fingerprint density at radius 3 is 2.74 bits per heavy atom. The van der Waals surface area contributed by atoms with E-state index in [2.05, 4.69) is 5.32 Å². The Bertz CT molecular complexity index is 799. The molecule has 3 rings (SSSR count). The first kappa shape index (κ1) is 19.5. The molecule has 0 saturated carbocycles. The second-order valence-electron chi connectivity index (χ2n) is 7.61. The summed E-state index contributed by atoms with van der Waals surface area (Å²) in [6.07, 6.45) is 2.72. The average Bonchev–Trinajstić information content (AvgIpc) is 3.32. The molecule has 2 aromatic heterocycles. The summed E-state index contributed by atoms with van der Waals surface area (Å²) in [5, 5.41) is 2.86. The van der Waals surface area contributed by atoms with Crippen LogP contribution in [0, 0.1) is 5.92 Å². The van der Waals surface area contributed by atoms with E-state index in [-0.39, 0.29) is 24.0 Å². The van der Waals surface area contributed by atoms with Crippen molar-refractivity contribution < 1.29 is 23.5 Å². The number of nitrogens with zero attached hydrogens (tertiary/aromatic N) is 1. The minimum atomic E-state index is -0.860. The Morgan fingerprint density at radius 2 is 2.11 bits per heavy atom. The van der Waals surface area contributed by atoms with Gasteiger partial charge in [0.15, 0.2) is 11.7 Å². The van der Waals surface area contributed by atoms with Crippen LogP contribution in [0.3, 0.4) is 0 Å². The van der Waals surface area contributed by atoms with Crippen molar-refractivity contribution in [1.82, 2.24) is 9.88 Å². The molecule has 3 heterocycles. The van der Waals surface area contributed by atoms with Gasteiger partial charge in [-0.2, -0.15) is 0 Å². The Labute approximate surface area is 159 Å². The number of ether oxygens (including phenoxy) is 2. The fourth-order valence-electron chi connectivity index (χ4n) is 3.45. The summed E-state index contributed by atoms with van der Waals surface area (Å²) in [6.45, 7) is 8.86. The molecular weight excluding hydrogens is 348 g/mol. The fraction of sp³-hybridized carbons (Fsp3) is 0.600. The lowest BCUT2D eigenvalue weighted by Crippen LogP contribution is -2.43. The number of rotatable bonds is 7. The second-order valence-corrected chi connectivity index (χ2v) is 7.61. The molecule has 1 fully saturated rings. The highest BCUT2D eigenvalue weighted by Gasteiger charge is 2.30. The van der Waals surface area contributed by atoms with E-state index >= 15 is 0 Å². The highest BCUT2D eigenvalue weighted by molar-refractivity contribution is 5.95. The summed E-state index contributed by atoms with van der Waals surface area (Å²) >= 11 is 0. The van der Waals surface area contributed by atoms with E-state index in [9.17, 15) is 9.59 Å². The third-order valence-corrected chi connectivity index (χ3v) is 4.81. The Kier molecular flexibility index (Phi) is 5.89. The van der Waals surface area contributed by atoms with Gasteiger partial charge in [0, 0.05) is 31.3 Å². The van der Waals surface area contributed by atoms with E-state index in [0.717, 1.165) is 25.0 Å². The molecule has 27 heavy (non-hydrogen) atoms.